The third-order valence-corrected chi connectivity index (χ3v) is 4.95. The first-order valence-electron chi connectivity index (χ1n) is 9.47. The van der Waals surface area contributed by atoms with Crippen LogP contribution in [0.25, 0.3) is 12.2 Å². The minimum atomic E-state index is -2.27. The van der Waals surface area contributed by atoms with Crippen molar-refractivity contribution in [2.24, 2.45) is 0 Å². The van der Waals surface area contributed by atoms with Gasteiger partial charge in [0.15, 0.2) is 12.2 Å². The topological polar surface area (TPSA) is 127 Å². The number of aliphatic hydroxyl groups excluding tert-OH is 2. The van der Waals surface area contributed by atoms with Gasteiger partial charge >= 0.3 is 11.9 Å². The predicted molar refractivity (Wildman–Crippen MR) is 114 cm³/mol. The van der Waals surface area contributed by atoms with Crippen LogP contribution in [0.3, 0.4) is 0 Å². The number of hydrogen-bond donors (Lipinski definition) is 5. The fourth-order valence-electron chi connectivity index (χ4n) is 3.01. The number of fused-ring (bicyclic) bond motifs is 1. The molecule has 0 saturated carbocycles. The third-order valence-electron chi connectivity index (χ3n) is 4.62. The van der Waals surface area contributed by atoms with Crippen LogP contribution in [-0.4, -0.2) is 57.7 Å². The van der Waals surface area contributed by atoms with Crippen LogP contribution in [0.2, 0.25) is 5.02 Å². The molecule has 7 nitrogen and oxygen atoms in total. The van der Waals surface area contributed by atoms with Crippen molar-refractivity contribution in [2.75, 3.05) is 13.1 Å². The molecule has 1 heterocycles. The number of aliphatic hydroxyl groups is 2. The van der Waals surface area contributed by atoms with Gasteiger partial charge in [-0.2, -0.15) is 0 Å². The van der Waals surface area contributed by atoms with E-state index in [-0.39, 0.29) is 5.82 Å². The van der Waals surface area contributed by atoms with E-state index < -0.39 is 24.1 Å². The second-order valence-electron chi connectivity index (χ2n) is 6.80. The van der Waals surface area contributed by atoms with Crippen LogP contribution >= 0.6 is 11.6 Å². The van der Waals surface area contributed by atoms with Crippen molar-refractivity contribution in [2.45, 2.75) is 25.0 Å². The van der Waals surface area contributed by atoms with Crippen molar-refractivity contribution in [3.63, 3.8) is 0 Å². The molecule has 2 aromatic carbocycles. The summed E-state index contributed by atoms with van der Waals surface area (Å²) >= 11 is 6.37. The monoisotopic (exact) mass is 451 g/mol. The molecule has 5 N–H and O–H groups in total. The average Bonchev–Trinajstić information content (AvgIpc) is 2.98. The predicted octanol–water partition coefficient (Wildman–Crippen LogP) is 2.22. The molecule has 0 radical (unpaired) electrons. The molecule has 2 aromatic rings. The van der Waals surface area contributed by atoms with Gasteiger partial charge in [-0.25, -0.2) is 14.0 Å². The lowest BCUT2D eigenvalue weighted by molar-refractivity contribution is -0.165. The van der Waals surface area contributed by atoms with E-state index in [1.165, 1.54) is 23.3 Å². The summed E-state index contributed by atoms with van der Waals surface area (Å²) in [4.78, 5) is 19.5. The van der Waals surface area contributed by atoms with Crippen LogP contribution in [0, 0.1) is 5.82 Å². The van der Waals surface area contributed by atoms with Gasteiger partial charge in [0, 0.05) is 5.02 Å². The zero-order valence-electron chi connectivity index (χ0n) is 16.5. The quantitative estimate of drug-likeness (QED) is 0.441. The first-order valence-corrected chi connectivity index (χ1v) is 9.85. The normalized spacial score (nSPS) is 15.2. The Morgan fingerprint density at radius 2 is 1.65 bits per heavy atom. The molecule has 0 bridgehead atoms. The van der Waals surface area contributed by atoms with Gasteiger partial charge in [0.25, 0.3) is 0 Å². The van der Waals surface area contributed by atoms with Gasteiger partial charge in [0.1, 0.15) is 5.82 Å². The summed E-state index contributed by atoms with van der Waals surface area (Å²) in [6.45, 7) is 1.97. The summed E-state index contributed by atoms with van der Waals surface area (Å²) in [5.41, 5.74) is 4.56. The summed E-state index contributed by atoms with van der Waals surface area (Å²) in [6, 6.07) is 10.6. The highest BCUT2D eigenvalue weighted by Gasteiger charge is 2.29. The Kier molecular flexibility index (Phi) is 9.14. The van der Waals surface area contributed by atoms with Crippen molar-refractivity contribution in [1.82, 2.24) is 5.32 Å². The summed E-state index contributed by atoms with van der Waals surface area (Å²) in [5, 5.41) is 36.7. The van der Waals surface area contributed by atoms with E-state index >= 15 is 0 Å². The fourth-order valence-corrected chi connectivity index (χ4v) is 3.25. The SMILES string of the molecule is Fc1cccc(C=Cc2c(Cl)ccc3c2CCNCC3)c1.O=C(O)[C@H](O)[C@@H](O)C(=O)O. The van der Waals surface area contributed by atoms with E-state index in [1.54, 1.807) is 6.07 Å². The maximum atomic E-state index is 13.2. The van der Waals surface area contributed by atoms with Gasteiger partial charge in [-0.1, -0.05) is 42.0 Å². The number of carboxylic acids is 2. The molecule has 9 heteroatoms. The zero-order valence-corrected chi connectivity index (χ0v) is 17.2. The molecule has 0 aliphatic carbocycles. The largest absolute Gasteiger partial charge is 0.479 e. The Balaban J connectivity index is 0.000000291. The number of carboxylic acid groups (broad SMARTS) is 2. The van der Waals surface area contributed by atoms with E-state index in [9.17, 15) is 14.0 Å². The highest BCUT2D eigenvalue weighted by Crippen LogP contribution is 2.27. The molecule has 0 unspecified atom stereocenters. The third kappa shape index (κ3) is 7.15. The smallest absolute Gasteiger partial charge is 0.335 e. The number of carbonyl (C=O) groups is 2. The van der Waals surface area contributed by atoms with Crippen LogP contribution in [-0.2, 0) is 22.4 Å². The standard InChI is InChI=1S/C18H17ClFN.C4H6O6/c19-18-7-5-14-8-10-21-11-9-16(14)17(18)6-4-13-2-1-3-15(20)12-13;5-1(3(7)8)2(6)4(9)10/h1-7,12,21H,8-11H2;1-2,5-6H,(H,7,8)(H,9,10)/t;1-,2-/m.1/s1. The number of nitrogens with one attached hydrogen (secondary N) is 1. The average molecular weight is 452 g/mol. The number of aliphatic carboxylic acids is 2. The van der Waals surface area contributed by atoms with Crippen LogP contribution in [0.5, 0.6) is 0 Å². The van der Waals surface area contributed by atoms with Gasteiger partial charge in [-0.15, -0.1) is 0 Å². The van der Waals surface area contributed by atoms with E-state index in [1.807, 2.05) is 24.3 Å². The Morgan fingerprint density at radius 3 is 2.26 bits per heavy atom. The molecule has 2 atom stereocenters. The van der Waals surface area contributed by atoms with Gasteiger partial charge in [-0.05, 0) is 66.4 Å². The van der Waals surface area contributed by atoms with Gasteiger partial charge in [-0.3, -0.25) is 0 Å². The van der Waals surface area contributed by atoms with Crippen LogP contribution < -0.4 is 5.32 Å². The molecule has 3 rings (SSSR count). The van der Waals surface area contributed by atoms with Crippen LogP contribution in [0.4, 0.5) is 4.39 Å². The molecule has 31 heavy (non-hydrogen) atoms. The Morgan fingerprint density at radius 1 is 1.00 bits per heavy atom. The maximum Gasteiger partial charge on any atom is 0.335 e. The zero-order chi connectivity index (χ0) is 23.0. The van der Waals surface area contributed by atoms with Crippen molar-refractivity contribution in [3.05, 3.63) is 69.5 Å². The molecule has 0 aromatic heterocycles. The number of hydrogen-bond acceptors (Lipinski definition) is 5. The van der Waals surface area contributed by atoms with Crippen molar-refractivity contribution >= 4 is 35.7 Å². The lowest BCUT2D eigenvalue weighted by Crippen LogP contribution is -2.39. The molecular formula is C22H23ClFNO6. The second-order valence-corrected chi connectivity index (χ2v) is 7.21. The molecule has 0 fully saturated rings. The van der Waals surface area contributed by atoms with Crippen molar-refractivity contribution < 1.29 is 34.4 Å². The summed E-state index contributed by atoms with van der Waals surface area (Å²) in [5.74, 6) is -3.76. The summed E-state index contributed by atoms with van der Waals surface area (Å²) < 4.78 is 13.2. The van der Waals surface area contributed by atoms with Gasteiger partial charge in [0.2, 0.25) is 0 Å². The molecule has 0 saturated heterocycles. The van der Waals surface area contributed by atoms with E-state index in [2.05, 4.69) is 11.4 Å². The lowest BCUT2D eigenvalue weighted by atomic mass is 9.96. The first-order chi connectivity index (χ1) is 14.7. The summed E-state index contributed by atoms with van der Waals surface area (Å²) in [7, 11) is 0. The van der Waals surface area contributed by atoms with Crippen molar-refractivity contribution in [1.29, 1.82) is 0 Å². The minimum absolute atomic E-state index is 0.223. The molecule has 166 valence electrons. The number of rotatable bonds is 5. The van der Waals surface area contributed by atoms with Gasteiger partial charge < -0.3 is 25.7 Å². The Bertz CT molecular complexity index is 947. The molecular weight excluding hydrogens is 429 g/mol. The molecule has 1 aliphatic heterocycles. The molecule has 0 amide bonds. The number of halogens is 2. The maximum absolute atomic E-state index is 13.2. The molecule has 0 spiro atoms. The van der Waals surface area contributed by atoms with E-state index in [0.29, 0.717) is 0 Å². The fraction of sp³-hybridized carbons (Fsp3) is 0.273. The Labute approximate surface area is 183 Å². The minimum Gasteiger partial charge on any atom is -0.479 e. The summed E-state index contributed by atoms with van der Waals surface area (Å²) in [6.07, 6.45) is 1.38. The first kappa shape index (κ1) is 24.5. The lowest BCUT2D eigenvalue weighted by Gasteiger charge is -2.11. The highest BCUT2D eigenvalue weighted by atomic mass is 35.5. The Hall–Kier alpha value is -2.78. The van der Waals surface area contributed by atoms with Gasteiger partial charge in [0.05, 0.1) is 0 Å². The van der Waals surface area contributed by atoms with E-state index in [0.717, 1.165) is 42.1 Å². The second kappa shape index (κ2) is 11.6. The van der Waals surface area contributed by atoms with E-state index in [4.69, 9.17) is 32.0 Å². The van der Waals surface area contributed by atoms with Crippen LogP contribution in [0.1, 0.15) is 22.3 Å². The van der Waals surface area contributed by atoms with Crippen LogP contribution in [0.15, 0.2) is 36.4 Å². The highest BCUT2D eigenvalue weighted by molar-refractivity contribution is 6.32. The molecule has 1 aliphatic rings. The number of benzene rings is 2. The van der Waals surface area contributed by atoms with Crippen molar-refractivity contribution in [3.8, 4) is 0 Å².